The Morgan fingerprint density at radius 2 is 1.95 bits per heavy atom. The topological polar surface area (TPSA) is 54.7 Å². The highest BCUT2D eigenvalue weighted by atomic mass is 31.2. The quantitative estimate of drug-likeness (QED) is 0.372. The summed E-state index contributed by atoms with van der Waals surface area (Å²) in [5.41, 5.74) is 0. The van der Waals surface area contributed by atoms with E-state index in [1.54, 1.807) is 0 Å². The van der Waals surface area contributed by atoms with Crippen LogP contribution in [0.3, 0.4) is 0 Å². The Kier molecular flexibility index (Phi) is 8.77. The maximum absolute atomic E-state index is 8.66. The molecule has 118 valence electrons. The molecule has 0 saturated carbocycles. The Bertz CT molecular complexity index is 331. The van der Waals surface area contributed by atoms with Crippen LogP contribution in [0.25, 0.3) is 0 Å². The molecular weight excluding hydrogens is 286 g/mol. The van der Waals surface area contributed by atoms with E-state index in [0.717, 1.165) is 12.8 Å². The van der Waals surface area contributed by atoms with Gasteiger partial charge in [-0.2, -0.15) is 5.26 Å². The molecule has 0 aliphatic carbocycles. The number of rotatable bonds is 9. The van der Waals surface area contributed by atoms with Crippen LogP contribution in [0.2, 0.25) is 0 Å². The van der Waals surface area contributed by atoms with Gasteiger partial charge in [-0.15, -0.1) is 0 Å². The van der Waals surface area contributed by atoms with Crippen LogP contribution in [0.4, 0.5) is 0 Å². The summed E-state index contributed by atoms with van der Waals surface area (Å²) in [7, 11) is 4.55. The van der Waals surface area contributed by atoms with Crippen molar-refractivity contribution in [2.75, 3.05) is 13.2 Å². The normalized spacial score (nSPS) is 23.9. The first-order valence-electron chi connectivity index (χ1n) is 7.57. The van der Waals surface area contributed by atoms with E-state index in [2.05, 4.69) is 38.4 Å². The van der Waals surface area contributed by atoms with Gasteiger partial charge in [0, 0.05) is 18.1 Å². The van der Waals surface area contributed by atoms with Crippen LogP contribution < -0.4 is 0 Å². The van der Waals surface area contributed by atoms with Gasteiger partial charge < -0.3 is 13.8 Å². The number of hydrogen-bond acceptors (Lipinski definition) is 5. The molecule has 2 radical (unpaired) electrons. The van der Waals surface area contributed by atoms with Crippen molar-refractivity contribution in [1.29, 1.82) is 5.26 Å². The molecule has 21 heavy (non-hydrogen) atoms. The SMILES string of the molecule is [B][C@H]1CC[C@@H](COP(OCCC#N)N(C(C)C)C(C)C)O1. The summed E-state index contributed by atoms with van der Waals surface area (Å²) in [5, 5.41) is 8.66. The fourth-order valence-corrected chi connectivity index (χ4v) is 3.95. The van der Waals surface area contributed by atoms with Gasteiger partial charge in [0.05, 0.1) is 31.8 Å². The van der Waals surface area contributed by atoms with Crippen LogP contribution in [0.1, 0.15) is 47.0 Å². The van der Waals surface area contributed by atoms with Gasteiger partial charge in [-0.25, -0.2) is 4.67 Å². The lowest BCUT2D eigenvalue weighted by Crippen LogP contribution is -2.34. The second-order valence-corrected chi connectivity index (χ2v) is 7.17. The van der Waals surface area contributed by atoms with Crippen LogP contribution in [0.15, 0.2) is 0 Å². The zero-order valence-corrected chi connectivity index (χ0v) is 14.4. The van der Waals surface area contributed by atoms with Crippen molar-refractivity contribution in [3.8, 4) is 6.07 Å². The van der Waals surface area contributed by atoms with Crippen LogP contribution >= 0.6 is 8.53 Å². The summed E-state index contributed by atoms with van der Waals surface area (Å²) < 4.78 is 19.6. The Balaban J connectivity index is 2.55. The van der Waals surface area contributed by atoms with E-state index in [1.165, 1.54) is 0 Å². The van der Waals surface area contributed by atoms with Gasteiger partial charge in [0.15, 0.2) is 0 Å². The van der Waals surface area contributed by atoms with E-state index in [4.69, 9.17) is 26.9 Å². The molecule has 1 heterocycles. The molecule has 3 atom stereocenters. The highest BCUT2D eigenvalue weighted by molar-refractivity contribution is 7.44. The Labute approximate surface area is 131 Å². The molecule has 0 aromatic rings. The number of hydrogen-bond donors (Lipinski definition) is 0. The zero-order valence-electron chi connectivity index (χ0n) is 13.5. The molecule has 7 heteroatoms. The fraction of sp³-hybridized carbons (Fsp3) is 0.929. The van der Waals surface area contributed by atoms with Gasteiger partial charge in [-0.3, -0.25) is 0 Å². The Hall–Kier alpha value is -0.175. The third-order valence-corrected chi connectivity index (χ3v) is 5.25. The third kappa shape index (κ3) is 6.63. The number of nitriles is 1. The molecule has 0 spiro atoms. The van der Waals surface area contributed by atoms with Crippen molar-refractivity contribution in [2.45, 2.75) is 71.1 Å². The maximum atomic E-state index is 8.66. The van der Waals surface area contributed by atoms with Crippen molar-refractivity contribution in [3.63, 3.8) is 0 Å². The summed E-state index contributed by atoms with van der Waals surface area (Å²) in [6.45, 7) is 9.36. The molecule has 5 nitrogen and oxygen atoms in total. The number of nitrogens with zero attached hydrogens (tertiary/aromatic N) is 2. The summed E-state index contributed by atoms with van der Waals surface area (Å²) in [6, 6.07) is 2.54. The van der Waals surface area contributed by atoms with Gasteiger partial charge in [-0.05, 0) is 40.5 Å². The molecule has 1 aliphatic heterocycles. The lowest BCUT2D eigenvalue weighted by Gasteiger charge is -2.36. The second-order valence-electron chi connectivity index (χ2n) is 5.72. The van der Waals surface area contributed by atoms with Crippen LogP contribution in [-0.2, 0) is 13.8 Å². The lowest BCUT2D eigenvalue weighted by molar-refractivity contribution is 0.0434. The first kappa shape index (κ1) is 18.9. The predicted molar refractivity (Wildman–Crippen MR) is 84.8 cm³/mol. The van der Waals surface area contributed by atoms with E-state index >= 15 is 0 Å². The highest BCUT2D eigenvalue weighted by Crippen LogP contribution is 2.46. The van der Waals surface area contributed by atoms with Crippen molar-refractivity contribution in [3.05, 3.63) is 0 Å². The fourth-order valence-electron chi connectivity index (χ4n) is 2.32. The largest absolute Gasteiger partial charge is 0.382 e. The van der Waals surface area contributed by atoms with Crippen LogP contribution in [0, 0.1) is 11.3 Å². The predicted octanol–water partition coefficient (Wildman–Crippen LogP) is 2.95. The third-order valence-electron chi connectivity index (χ3n) is 3.17. The molecule has 1 aliphatic rings. The summed E-state index contributed by atoms with van der Waals surface area (Å²) in [5.74, 6) is 0. The average molecular weight is 312 g/mol. The van der Waals surface area contributed by atoms with E-state index in [0.29, 0.717) is 31.7 Å². The molecule has 0 amide bonds. The van der Waals surface area contributed by atoms with Crippen molar-refractivity contribution >= 4 is 16.4 Å². The van der Waals surface area contributed by atoms with Crippen LogP contribution in [0.5, 0.6) is 0 Å². The molecule has 0 aromatic carbocycles. The molecule has 0 N–H and O–H groups in total. The summed E-state index contributed by atoms with van der Waals surface area (Å²) in [4.78, 5) is 0. The van der Waals surface area contributed by atoms with Crippen molar-refractivity contribution in [1.82, 2.24) is 4.67 Å². The molecular formula is C14H26BN2O3P. The maximum Gasteiger partial charge on any atom is 0.259 e. The Morgan fingerprint density at radius 1 is 1.29 bits per heavy atom. The van der Waals surface area contributed by atoms with Crippen molar-refractivity contribution < 1.29 is 13.8 Å². The molecule has 1 fully saturated rings. The van der Waals surface area contributed by atoms with Crippen molar-refractivity contribution in [2.24, 2.45) is 0 Å². The molecule has 1 rings (SSSR count). The smallest absolute Gasteiger partial charge is 0.259 e. The minimum Gasteiger partial charge on any atom is -0.382 e. The van der Waals surface area contributed by atoms with Gasteiger partial charge >= 0.3 is 0 Å². The van der Waals surface area contributed by atoms with E-state index in [1.807, 2.05) is 0 Å². The van der Waals surface area contributed by atoms with Gasteiger partial charge in [-0.1, -0.05) is 0 Å². The zero-order chi connectivity index (χ0) is 15.8. The van der Waals surface area contributed by atoms with Gasteiger partial charge in [0.1, 0.15) is 7.85 Å². The van der Waals surface area contributed by atoms with Gasteiger partial charge in [0.25, 0.3) is 8.53 Å². The monoisotopic (exact) mass is 312 g/mol. The molecule has 0 bridgehead atoms. The van der Waals surface area contributed by atoms with E-state index < -0.39 is 8.53 Å². The average Bonchev–Trinajstić information content (AvgIpc) is 2.80. The highest BCUT2D eigenvalue weighted by Gasteiger charge is 2.29. The lowest BCUT2D eigenvalue weighted by atomic mass is 9.97. The number of ether oxygens (including phenoxy) is 1. The van der Waals surface area contributed by atoms with E-state index in [9.17, 15) is 0 Å². The minimum absolute atomic E-state index is 0.0470. The molecule has 1 unspecified atom stereocenters. The van der Waals surface area contributed by atoms with Gasteiger partial charge in [0.2, 0.25) is 0 Å². The van der Waals surface area contributed by atoms with E-state index in [-0.39, 0.29) is 12.1 Å². The standard InChI is InChI=1S/C14H26BN2O3P/c1-11(2)17(12(3)4)21(18-9-5-8-16)19-10-13-6-7-14(15)20-13/h11-14H,5-7,9-10H2,1-4H3/t13-,14+,21?/m0/s1. The first-order chi connectivity index (χ1) is 9.95. The molecule has 1 saturated heterocycles. The first-order valence-corrected chi connectivity index (χ1v) is 8.71. The molecule has 0 aromatic heterocycles. The summed E-state index contributed by atoms with van der Waals surface area (Å²) >= 11 is 0. The minimum atomic E-state index is -1.18. The second kappa shape index (κ2) is 9.76. The van der Waals surface area contributed by atoms with Crippen LogP contribution in [-0.4, -0.2) is 49.9 Å². The Morgan fingerprint density at radius 3 is 2.43 bits per heavy atom. The summed E-state index contributed by atoms with van der Waals surface area (Å²) in [6.07, 6.45) is 2.22.